The van der Waals surface area contributed by atoms with E-state index in [1.165, 1.54) is 6.07 Å². The number of piperidine rings is 1. The summed E-state index contributed by atoms with van der Waals surface area (Å²) in [6.07, 6.45) is 2.93. The molecule has 0 unspecified atom stereocenters. The highest BCUT2D eigenvalue weighted by Gasteiger charge is 2.30. The molecule has 2 aromatic rings. The van der Waals surface area contributed by atoms with E-state index < -0.39 is 0 Å². The molecule has 6 heteroatoms. The predicted molar refractivity (Wildman–Crippen MR) is 79.5 cm³/mol. The number of aryl methyl sites for hydroxylation is 1. The third-order valence-corrected chi connectivity index (χ3v) is 4.04. The van der Waals surface area contributed by atoms with Crippen molar-refractivity contribution in [1.29, 1.82) is 0 Å². The summed E-state index contributed by atoms with van der Waals surface area (Å²) in [5.41, 5.74) is 0.433. The highest BCUT2D eigenvalue weighted by molar-refractivity contribution is 5.79. The van der Waals surface area contributed by atoms with Crippen LogP contribution in [0.15, 0.2) is 24.3 Å². The lowest BCUT2D eigenvalue weighted by Crippen LogP contribution is -2.40. The Labute approximate surface area is 128 Å². The number of hydrogen-bond donors (Lipinski definition) is 1. The minimum atomic E-state index is -0.335. The molecule has 0 aliphatic carbocycles. The number of aromatic nitrogens is 3. The molecule has 0 radical (unpaired) electrons. The summed E-state index contributed by atoms with van der Waals surface area (Å²) in [6.45, 7) is 2.51. The lowest BCUT2D eigenvalue weighted by Gasteiger charge is -2.34. The zero-order valence-corrected chi connectivity index (χ0v) is 12.6. The molecule has 116 valence electrons. The van der Waals surface area contributed by atoms with Crippen molar-refractivity contribution in [2.75, 3.05) is 6.54 Å². The van der Waals surface area contributed by atoms with Crippen LogP contribution in [0.1, 0.15) is 42.5 Å². The van der Waals surface area contributed by atoms with E-state index >= 15 is 0 Å². The fourth-order valence-corrected chi connectivity index (χ4v) is 2.91. The molecular formula is C16H19FN4O. The summed E-state index contributed by atoms with van der Waals surface area (Å²) in [4.78, 5) is 18.8. The van der Waals surface area contributed by atoms with Gasteiger partial charge in [0.1, 0.15) is 11.6 Å². The Hall–Kier alpha value is -2.24. The number of H-pyrrole nitrogens is 1. The van der Waals surface area contributed by atoms with Gasteiger partial charge in [-0.2, -0.15) is 5.10 Å². The molecule has 0 saturated carbocycles. The zero-order chi connectivity index (χ0) is 15.5. The van der Waals surface area contributed by atoms with Crippen LogP contribution in [0.2, 0.25) is 0 Å². The standard InChI is InChI=1S/C16H19FN4O/c1-11-18-16(20-19-11)14-8-4-5-9-21(14)15(22)10-12-6-2-3-7-13(12)17/h2-3,6-7,14H,4-5,8-10H2,1H3,(H,18,19,20)/t14-/m1/s1. The molecule has 2 heterocycles. The number of carbonyl (C=O) groups excluding carboxylic acids is 1. The summed E-state index contributed by atoms with van der Waals surface area (Å²) in [5.74, 6) is 0.983. The second kappa shape index (κ2) is 6.25. The molecule has 1 fully saturated rings. The molecule has 1 saturated heterocycles. The molecule has 1 N–H and O–H groups in total. The SMILES string of the molecule is Cc1nc([C@H]2CCCCN2C(=O)Cc2ccccc2F)n[nH]1. The van der Waals surface area contributed by atoms with E-state index in [0.717, 1.165) is 25.1 Å². The lowest BCUT2D eigenvalue weighted by molar-refractivity contribution is -0.134. The first-order chi connectivity index (χ1) is 10.6. The molecule has 3 rings (SSSR count). The van der Waals surface area contributed by atoms with Gasteiger partial charge in [0.25, 0.3) is 0 Å². The summed E-state index contributed by atoms with van der Waals surface area (Å²) in [6, 6.07) is 6.30. The maximum atomic E-state index is 13.7. The number of nitrogens with zero attached hydrogens (tertiary/aromatic N) is 3. The molecule has 0 bridgehead atoms. The number of carbonyl (C=O) groups is 1. The molecule has 0 spiro atoms. The van der Waals surface area contributed by atoms with Crippen molar-refractivity contribution < 1.29 is 9.18 Å². The van der Waals surface area contributed by atoms with Crippen molar-refractivity contribution in [3.8, 4) is 0 Å². The Balaban J connectivity index is 1.78. The fraction of sp³-hybridized carbons (Fsp3) is 0.438. The van der Waals surface area contributed by atoms with Crippen molar-refractivity contribution >= 4 is 5.91 Å². The van der Waals surface area contributed by atoms with Gasteiger partial charge in [-0.3, -0.25) is 9.89 Å². The first-order valence-corrected chi connectivity index (χ1v) is 7.57. The van der Waals surface area contributed by atoms with Crippen LogP contribution in [-0.4, -0.2) is 32.5 Å². The van der Waals surface area contributed by atoms with Crippen molar-refractivity contribution in [1.82, 2.24) is 20.1 Å². The summed E-state index contributed by atoms with van der Waals surface area (Å²) in [7, 11) is 0. The number of aromatic amines is 1. The minimum absolute atomic E-state index is 0.0720. The monoisotopic (exact) mass is 302 g/mol. The van der Waals surface area contributed by atoms with Crippen LogP contribution < -0.4 is 0 Å². The number of likely N-dealkylation sites (tertiary alicyclic amines) is 1. The topological polar surface area (TPSA) is 61.9 Å². The van der Waals surface area contributed by atoms with Crippen LogP contribution in [-0.2, 0) is 11.2 Å². The summed E-state index contributed by atoms with van der Waals surface area (Å²) in [5, 5.41) is 7.02. The Morgan fingerprint density at radius 3 is 2.95 bits per heavy atom. The maximum Gasteiger partial charge on any atom is 0.227 e. The van der Waals surface area contributed by atoms with Crippen molar-refractivity contribution in [3.63, 3.8) is 0 Å². The Kier molecular flexibility index (Phi) is 4.18. The van der Waals surface area contributed by atoms with Gasteiger partial charge in [-0.1, -0.05) is 18.2 Å². The van der Waals surface area contributed by atoms with Gasteiger partial charge in [0.2, 0.25) is 5.91 Å². The van der Waals surface area contributed by atoms with Crippen molar-refractivity contribution in [2.24, 2.45) is 0 Å². The minimum Gasteiger partial charge on any atom is -0.332 e. The predicted octanol–water partition coefficient (Wildman–Crippen LogP) is 2.55. The molecular weight excluding hydrogens is 283 g/mol. The Morgan fingerprint density at radius 2 is 2.23 bits per heavy atom. The first kappa shape index (κ1) is 14.7. The third-order valence-electron chi connectivity index (χ3n) is 4.04. The molecule has 1 aliphatic rings. The fourth-order valence-electron chi connectivity index (χ4n) is 2.91. The smallest absolute Gasteiger partial charge is 0.227 e. The second-order valence-corrected chi connectivity index (χ2v) is 5.65. The number of benzene rings is 1. The van der Waals surface area contributed by atoms with E-state index in [2.05, 4.69) is 15.2 Å². The van der Waals surface area contributed by atoms with E-state index in [1.807, 2.05) is 6.92 Å². The highest BCUT2D eigenvalue weighted by Crippen LogP contribution is 2.29. The average Bonchev–Trinajstić information content (AvgIpc) is 2.96. The molecule has 1 aromatic heterocycles. The van der Waals surface area contributed by atoms with Gasteiger partial charge in [-0.15, -0.1) is 0 Å². The van der Waals surface area contributed by atoms with Crippen LogP contribution in [0.4, 0.5) is 4.39 Å². The van der Waals surface area contributed by atoms with E-state index in [9.17, 15) is 9.18 Å². The number of rotatable bonds is 3. The number of amides is 1. The first-order valence-electron chi connectivity index (χ1n) is 7.57. The highest BCUT2D eigenvalue weighted by atomic mass is 19.1. The van der Waals surface area contributed by atoms with Gasteiger partial charge in [-0.25, -0.2) is 9.37 Å². The largest absolute Gasteiger partial charge is 0.332 e. The third kappa shape index (κ3) is 3.00. The Morgan fingerprint density at radius 1 is 1.41 bits per heavy atom. The van der Waals surface area contributed by atoms with E-state index in [4.69, 9.17) is 0 Å². The average molecular weight is 302 g/mol. The van der Waals surface area contributed by atoms with E-state index in [1.54, 1.807) is 23.1 Å². The zero-order valence-electron chi connectivity index (χ0n) is 12.6. The van der Waals surface area contributed by atoms with Gasteiger partial charge in [0.15, 0.2) is 5.82 Å². The van der Waals surface area contributed by atoms with Gasteiger partial charge >= 0.3 is 0 Å². The van der Waals surface area contributed by atoms with Gasteiger partial charge in [-0.05, 0) is 37.8 Å². The van der Waals surface area contributed by atoms with Gasteiger partial charge in [0, 0.05) is 6.54 Å². The molecule has 1 amide bonds. The second-order valence-electron chi connectivity index (χ2n) is 5.65. The van der Waals surface area contributed by atoms with Crippen molar-refractivity contribution in [2.45, 2.75) is 38.6 Å². The molecule has 1 aliphatic heterocycles. The van der Waals surface area contributed by atoms with E-state index in [-0.39, 0.29) is 24.2 Å². The van der Waals surface area contributed by atoms with Crippen LogP contribution >= 0.6 is 0 Å². The van der Waals surface area contributed by atoms with Crippen LogP contribution in [0.3, 0.4) is 0 Å². The number of nitrogens with one attached hydrogen (secondary N) is 1. The number of hydrogen-bond acceptors (Lipinski definition) is 3. The van der Waals surface area contributed by atoms with Crippen molar-refractivity contribution in [3.05, 3.63) is 47.3 Å². The van der Waals surface area contributed by atoms with Crippen LogP contribution in [0.25, 0.3) is 0 Å². The van der Waals surface area contributed by atoms with Crippen LogP contribution in [0.5, 0.6) is 0 Å². The lowest BCUT2D eigenvalue weighted by atomic mass is 10.00. The maximum absolute atomic E-state index is 13.7. The molecule has 22 heavy (non-hydrogen) atoms. The normalized spacial score (nSPS) is 18.5. The summed E-state index contributed by atoms with van der Waals surface area (Å²) < 4.78 is 13.7. The molecule has 1 aromatic carbocycles. The van der Waals surface area contributed by atoms with Crippen LogP contribution in [0, 0.1) is 12.7 Å². The molecule has 1 atom stereocenters. The number of halogens is 1. The quantitative estimate of drug-likeness (QED) is 0.947. The Bertz CT molecular complexity index is 670. The summed E-state index contributed by atoms with van der Waals surface area (Å²) >= 11 is 0. The van der Waals surface area contributed by atoms with E-state index in [0.29, 0.717) is 17.9 Å². The van der Waals surface area contributed by atoms with Gasteiger partial charge < -0.3 is 4.90 Å². The van der Waals surface area contributed by atoms with Gasteiger partial charge in [0.05, 0.1) is 12.5 Å². The molecule has 5 nitrogen and oxygen atoms in total.